The monoisotopic (exact) mass is 206 g/mol. The summed E-state index contributed by atoms with van der Waals surface area (Å²) in [6.45, 7) is 6.50. The minimum atomic E-state index is 0.0559. The number of hydrogen-bond acceptors (Lipinski definition) is 0. The van der Waals surface area contributed by atoms with E-state index < -0.39 is 0 Å². The molecule has 2 atom stereocenters. The quantitative estimate of drug-likeness (QED) is 0.566. The van der Waals surface area contributed by atoms with Gasteiger partial charge in [0.2, 0.25) is 0 Å². The minimum absolute atomic E-state index is 0.0559. The van der Waals surface area contributed by atoms with Gasteiger partial charge >= 0.3 is 0 Å². The molecule has 0 aromatic carbocycles. The number of hydrogen-bond donors (Lipinski definition) is 0. The summed E-state index contributed by atoms with van der Waals surface area (Å²) in [5, 5.41) is 0.946. The van der Waals surface area contributed by atoms with Gasteiger partial charge in [-0.3, -0.25) is 0 Å². The van der Waals surface area contributed by atoms with Crippen LogP contribution in [0.3, 0.4) is 0 Å². The number of alkyl halides is 1. The van der Waals surface area contributed by atoms with Crippen molar-refractivity contribution in [2.45, 2.75) is 39.0 Å². The van der Waals surface area contributed by atoms with Crippen LogP contribution in [-0.2, 0) is 0 Å². The molecule has 0 N–H and O–H groups in total. The van der Waals surface area contributed by atoms with Crippen molar-refractivity contribution in [3.05, 3.63) is 10.6 Å². The van der Waals surface area contributed by atoms with Gasteiger partial charge in [-0.15, -0.1) is 11.6 Å². The lowest BCUT2D eigenvalue weighted by Crippen LogP contribution is -2.25. The van der Waals surface area contributed by atoms with Crippen LogP contribution in [0.5, 0.6) is 0 Å². The van der Waals surface area contributed by atoms with Crippen LogP contribution in [0.2, 0.25) is 0 Å². The van der Waals surface area contributed by atoms with E-state index in [0.717, 1.165) is 11.5 Å². The minimum Gasteiger partial charge on any atom is -0.117 e. The second kappa shape index (κ2) is 4.02. The average molecular weight is 207 g/mol. The fourth-order valence-corrected chi connectivity index (χ4v) is 2.60. The highest BCUT2D eigenvalue weighted by Gasteiger charge is 2.29. The van der Waals surface area contributed by atoms with Gasteiger partial charge in [-0.2, -0.15) is 0 Å². The Hall–Kier alpha value is 0.320. The van der Waals surface area contributed by atoms with Gasteiger partial charge in [0, 0.05) is 5.03 Å². The van der Waals surface area contributed by atoms with Crippen LogP contribution in [0.4, 0.5) is 0 Å². The SMILES string of the molecule is CC1=C(Cl)C(Cl)C(C(C)C)CC1. The molecule has 0 aromatic heterocycles. The highest BCUT2D eigenvalue weighted by molar-refractivity contribution is 6.37. The van der Waals surface area contributed by atoms with Crippen molar-refractivity contribution in [1.29, 1.82) is 0 Å². The van der Waals surface area contributed by atoms with Gasteiger partial charge in [0.25, 0.3) is 0 Å². The first-order valence-corrected chi connectivity index (χ1v) is 5.34. The smallest absolute Gasteiger partial charge is 0.0722 e. The second-order valence-electron chi connectivity index (χ2n) is 3.98. The van der Waals surface area contributed by atoms with Crippen molar-refractivity contribution in [2.75, 3.05) is 0 Å². The Bertz CT molecular complexity index is 194. The first kappa shape index (κ1) is 10.4. The molecule has 0 amide bonds. The first-order valence-electron chi connectivity index (χ1n) is 4.53. The molecule has 0 aliphatic heterocycles. The maximum absolute atomic E-state index is 6.23. The summed E-state index contributed by atoms with van der Waals surface area (Å²) < 4.78 is 0. The van der Waals surface area contributed by atoms with Crippen LogP contribution < -0.4 is 0 Å². The highest BCUT2D eigenvalue weighted by atomic mass is 35.5. The maximum atomic E-state index is 6.23. The molecule has 0 saturated heterocycles. The molecule has 2 heteroatoms. The van der Waals surface area contributed by atoms with Crippen LogP contribution in [0.15, 0.2) is 10.6 Å². The summed E-state index contributed by atoms with van der Waals surface area (Å²) in [6.07, 6.45) is 2.30. The summed E-state index contributed by atoms with van der Waals surface area (Å²) in [7, 11) is 0. The molecular weight excluding hydrogens is 191 g/mol. The zero-order chi connectivity index (χ0) is 9.30. The van der Waals surface area contributed by atoms with Crippen molar-refractivity contribution in [2.24, 2.45) is 11.8 Å². The summed E-state index contributed by atoms with van der Waals surface area (Å²) >= 11 is 12.3. The zero-order valence-corrected chi connectivity index (χ0v) is 9.41. The molecule has 1 aliphatic rings. The molecule has 70 valence electrons. The van der Waals surface area contributed by atoms with Crippen LogP contribution in [0, 0.1) is 11.8 Å². The Morgan fingerprint density at radius 2 is 2.00 bits per heavy atom. The van der Waals surface area contributed by atoms with Gasteiger partial charge in [-0.1, -0.05) is 31.0 Å². The lowest BCUT2D eigenvalue weighted by Gasteiger charge is -2.30. The molecule has 0 spiro atoms. The number of allylic oxidation sites excluding steroid dienone is 2. The van der Waals surface area contributed by atoms with Crippen molar-refractivity contribution >= 4 is 23.2 Å². The van der Waals surface area contributed by atoms with Crippen molar-refractivity contribution in [3.63, 3.8) is 0 Å². The first-order chi connectivity index (χ1) is 5.54. The molecule has 1 aliphatic carbocycles. The molecule has 12 heavy (non-hydrogen) atoms. The maximum Gasteiger partial charge on any atom is 0.0722 e. The van der Waals surface area contributed by atoms with Crippen molar-refractivity contribution in [3.8, 4) is 0 Å². The van der Waals surface area contributed by atoms with E-state index in [1.807, 2.05) is 0 Å². The van der Waals surface area contributed by atoms with Gasteiger partial charge < -0.3 is 0 Å². The highest BCUT2D eigenvalue weighted by Crippen LogP contribution is 2.38. The second-order valence-corrected chi connectivity index (χ2v) is 4.85. The lowest BCUT2D eigenvalue weighted by molar-refractivity contribution is 0.352. The average Bonchev–Trinajstić information content (AvgIpc) is 2.00. The summed E-state index contributed by atoms with van der Waals surface area (Å²) in [5.74, 6) is 1.19. The standard InChI is InChI=1S/C10H16Cl2/c1-6(2)8-5-4-7(3)9(11)10(8)12/h6,8,10H,4-5H2,1-3H3. The Morgan fingerprint density at radius 1 is 1.42 bits per heavy atom. The van der Waals surface area contributed by atoms with Gasteiger partial charge in [-0.25, -0.2) is 0 Å². The topological polar surface area (TPSA) is 0 Å². The molecule has 1 rings (SSSR count). The molecule has 0 bridgehead atoms. The van der Waals surface area contributed by atoms with E-state index in [9.17, 15) is 0 Å². The van der Waals surface area contributed by atoms with E-state index in [4.69, 9.17) is 23.2 Å². The van der Waals surface area contributed by atoms with Crippen molar-refractivity contribution in [1.82, 2.24) is 0 Å². The fourth-order valence-electron chi connectivity index (χ4n) is 1.74. The Morgan fingerprint density at radius 3 is 2.50 bits per heavy atom. The Balaban J connectivity index is 2.76. The normalized spacial score (nSPS) is 31.5. The van der Waals surface area contributed by atoms with E-state index in [-0.39, 0.29) is 5.38 Å². The third kappa shape index (κ3) is 1.97. The molecule has 0 aromatic rings. The predicted octanol–water partition coefficient (Wildman–Crippen LogP) is 4.17. The third-order valence-corrected chi connectivity index (χ3v) is 3.95. The molecule has 0 heterocycles. The van der Waals surface area contributed by atoms with Gasteiger partial charge in [0.05, 0.1) is 5.38 Å². The van der Waals surface area contributed by atoms with Crippen LogP contribution in [0.25, 0.3) is 0 Å². The van der Waals surface area contributed by atoms with Crippen molar-refractivity contribution < 1.29 is 0 Å². The van der Waals surface area contributed by atoms with Gasteiger partial charge in [0.15, 0.2) is 0 Å². The molecule has 0 fully saturated rings. The molecule has 0 saturated carbocycles. The van der Waals surface area contributed by atoms with E-state index in [1.165, 1.54) is 12.0 Å². The fraction of sp³-hybridized carbons (Fsp3) is 0.800. The van der Waals surface area contributed by atoms with Crippen LogP contribution in [-0.4, -0.2) is 5.38 Å². The molecule has 2 unspecified atom stereocenters. The molecular formula is C10H16Cl2. The Labute approximate surface area is 84.9 Å². The largest absolute Gasteiger partial charge is 0.117 e. The molecule has 0 radical (unpaired) electrons. The van der Waals surface area contributed by atoms with E-state index in [2.05, 4.69) is 20.8 Å². The summed E-state index contributed by atoms with van der Waals surface area (Å²) in [5.41, 5.74) is 1.27. The van der Waals surface area contributed by atoms with E-state index >= 15 is 0 Å². The van der Waals surface area contributed by atoms with Gasteiger partial charge in [-0.05, 0) is 31.6 Å². The third-order valence-electron chi connectivity index (χ3n) is 2.73. The van der Waals surface area contributed by atoms with Gasteiger partial charge in [0.1, 0.15) is 0 Å². The van der Waals surface area contributed by atoms with E-state index in [0.29, 0.717) is 11.8 Å². The van der Waals surface area contributed by atoms with E-state index in [1.54, 1.807) is 0 Å². The van der Waals surface area contributed by atoms with Crippen LogP contribution in [0.1, 0.15) is 33.6 Å². The lowest BCUT2D eigenvalue weighted by atomic mass is 9.82. The Kier molecular flexibility index (Phi) is 3.48. The molecule has 0 nitrogen and oxygen atoms in total. The zero-order valence-electron chi connectivity index (χ0n) is 7.90. The predicted molar refractivity (Wildman–Crippen MR) is 55.8 cm³/mol. The number of halogens is 2. The number of rotatable bonds is 1. The van der Waals surface area contributed by atoms with Crippen LogP contribution >= 0.6 is 23.2 Å². The summed E-state index contributed by atoms with van der Waals surface area (Å²) in [4.78, 5) is 0. The summed E-state index contributed by atoms with van der Waals surface area (Å²) in [6, 6.07) is 0.